The number of ketones is 1. The lowest BCUT2D eigenvalue weighted by molar-refractivity contribution is 0.103. The van der Waals surface area contributed by atoms with Crippen LogP contribution in [0.5, 0.6) is 5.75 Å². The summed E-state index contributed by atoms with van der Waals surface area (Å²) in [5, 5.41) is 29.6. The molecule has 0 radical (unpaired) electrons. The molecule has 6 nitrogen and oxygen atoms in total. The highest BCUT2D eigenvalue weighted by molar-refractivity contribution is 7.12. The molecule has 3 rings (SSSR count). The number of aromatic hydroxyl groups is 1. The smallest absolute Gasteiger partial charge is 0.198 e. The van der Waals surface area contributed by atoms with Crippen LogP contribution in [0.15, 0.2) is 41.9 Å². The van der Waals surface area contributed by atoms with Gasteiger partial charge < -0.3 is 5.11 Å². The van der Waals surface area contributed by atoms with E-state index in [9.17, 15) is 15.2 Å². The highest BCUT2D eigenvalue weighted by Crippen LogP contribution is 2.21. The van der Waals surface area contributed by atoms with Gasteiger partial charge in [-0.05, 0) is 25.1 Å². The quantitative estimate of drug-likeness (QED) is 0.717. The first-order chi connectivity index (χ1) is 11.5. The van der Waals surface area contributed by atoms with Crippen molar-refractivity contribution in [3.8, 4) is 17.0 Å². The summed E-state index contributed by atoms with van der Waals surface area (Å²) in [6, 6.07) is 9.49. The second-order valence-corrected chi connectivity index (χ2v) is 5.93. The summed E-state index contributed by atoms with van der Waals surface area (Å²) in [6.45, 7) is 1.83. The van der Waals surface area contributed by atoms with Crippen molar-refractivity contribution in [1.82, 2.24) is 9.55 Å². The number of phenols is 1. The van der Waals surface area contributed by atoms with Gasteiger partial charge in [0.15, 0.2) is 10.9 Å². The van der Waals surface area contributed by atoms with Crippen LogP contribution in [0.3, 0.4) is 0 Å². The zero-order valence-electron chi connectivity index (χ0n) is 12.6. The molecule has 0 aliphatic heterocycles. The summed E-state index contributed by atoms with van der Waals surface area (Å²) in [4.78, 5) is 17.0. The van der Waals surface area contributed by atoms with E-state index >= 15 is 0 Å². The molecular weight excluding hydrogens is 324 g/mol. The monoisotopic (exact) mass is 336 g/mol. The number of benzene rings is 1. The lowest BCUT2D eigenvalue weighted by Crippen LogP contribution is -2.22. The molecule has 0 aliphatic rings. The van der Waals surface area contributed by atoms with Crippen LogP contribution < -0.4 is 5.49 Å². The van der Waals surface area contributed by atoms with Gasteiger partial charge >= 0.3 is 0 Å². The molecule has 1 aromatic carbocycles. The first kappa shape index (κ1) is 15.6. The Bertz CT molecular complexity index is 1040. The average molecular weight is 336 g/mol. The Kier molecular flexibility index (Phi) is 3.98. The fourth-order valence-corrected chi connectivity index (χ4v) is 3.01. The molecule has 2 N–H and O–H groups in total. The van der Waals surface area contributed by atoms with Crippen LogP contribution in [-0.2, 0) is 0 Å². The molecule has 7 heteroatoms. The lowest BCUT2D eigenvalue weighted by atomic mass is 10.0. The van der Waals surface area contributed by atoms with Crippen molar-refractivity contribution in [2.75, 3.05) is 0 Å². The van der Waals surface area contributed by atoms with Gasteiger partial charge in [-0.1, -0.05) is 12.1 Å². The molecule has 0 amide bonds. The van der Waals surface area contributed by atoms with E-state index in [1.165, 1.54) is 40.3 Å². The normalized spacial score (nSPS) is 10.3. The van der Waals surface area contributed by atoms with Gasteiger partial charge in [0, 0.05) is 17.1 Å². The van der Waals surface area contributed by atoms with E-state index in [2.05, 4.69) is 4.98 Å². The molecule has 0 aliphatic carbocycles. The number of aryl methyl sites for hydroxylation is 1. The third kappa shape index (κ3) is 2.71. The molecule has 118 valence electrons. The van der Waals surface area contributed by atoms with Crippen molar-refractivity contribution in [1.29, 1.82) is 10.7 Å². The number of thiazole rings is 1. The number of aromatic nitrogens is 2. The van der Waals surface area contributed by atoms with Gasteiger partial charge in [0.2, 0.25) is 0 Å². The van der Waals surface area contributed by atoms with E-state index < -0.39 is 5.78 Å². The molecule has 24 heavy (non-hydrogen) atoms. The van der Waals surface area contributed by atoms with Gasteiger partial charge in [0.05, 0.1) is 16.8 Å². The molecule has 2 heterocycles. The maximum Gasteiger partial charge on any atom is 0.198 e. The number of nitriles is 1. The van der Waals surface area contributed by atoms with Crippen LogP contribution in [0, 0.1) is 23.7 Å². The van der Waals surface area contributed by atoms with Crippen LogP contribution in [0.4, 0.5) is 0 Å². The molecule has 0 spiro atoms. The number of rotatable bonds is 3. The Labute approximate surface area is 141 Å². The van der Waals surface area contributed by atoms with Gasteiger partial charge in [0.25, 0.3) is 0 Å². The SMILES string of the molecule is Cc1csc(-n2cc(C(=O)c3ccccc3O)cc(C#N)c2=N)n1. The van der Waals surface area contributed by atoms with Crippen LogP contribution in [-0.4, -0.2) is 20.4 Å². The number of hydrogen-bond donors (Lipinski definition) is 2. The summed E-state index contributed by atoms with van der Waals surface area (Å²) in [7, 11) is 0. The van der Waals surface area contributed by atoms with Gasteiger partial charge in [0.1, 0.15) is 17.3 Å². The Morgan fingerprint density at radius 3 is 2.79 bits per heavy atom. The third-order valence-corrected chi connectivity index (χ3v) is 4.37. The van der Waals surface area contributed by atoms with Crippen molar-refractivity contribution >= 4 is 17.1 Å². The van der Waals surface area contributed by atoms with Crippen molar-refractivity contribution in [2.45, 2.75) is 6.92 Å². The van der Waals surface area contributed by atoms with Crippen LogP contribution in [0.2, 0.25) is 0 Å². The summed E-state index contributed by atoms with van der Waals surface area (Å²) in [5.41, 5.74) is 1.15. The fourth-order valence-electron chi connectivity index (χ4n) is 2.23. The van der Waals surface area contributed by atoms with E-state index in [1.54, 1.807) is 12.1 Å². The van der Waals surface area contributed by atoms with E-state index in [4.69, 9.17) is 5.41 Å². The first-order valence-corrected chi connectivity index (χ1v) is 7.86. The summed E-state index contributed by atoms with van der Waals surface area (Å²) in [6.07, 6.45) is 1.47. The first-order valence-electron chi connectivity index (χ1n) is 6.98. The van der Waals surface area contributed by atoms with Crippen molar-refractivity contribution in [2.24, 2.45) is 0 Å². The second kappa shape index (κ2) is 6.10. The number of hydrogen-bond acceptors (Lipinski definition) is 6. The summed E-state index contributed by atoms with van der Waals surface area (Å²) in [5.74, 6) is -0.556. The molecule has 0 bridgehead atoms. The van der Waals surface area contributed by atoms with E-state index in [1.807, 2.05) is 18.4 Å². The van der Waals surface area contributed by atoms with E-state index in [0.29, 0.717) is 5.13 Å². The van der Waals surface area contributed by atoms with E-state index in [0.717, 1.165) is 5.69 Å². The summed E-state index contributed by atoms with van der Waals surface area (Å²) < 4.78 is 1.41. The molecule has 0 unspecified atom stereocenters. The molecule has 0 saturated heterocycles. The minimum atomic E-state index is -0.424. The number of para-hydroxylation sites is 1. The molecule has 2 aromatic heterocycles. The van der Waals surface area contributed by atoms with Crippen molar-refractivity contribution in [3.63, 3.8) is 0 Å². The molecule has 0 saturated carbocycles. The summed E-state index contributed by atoms with van der Waals surface area (Å²) >= 11 is 1.32. The maximum atomic E-state index is 12.7. The van der Waals surface area contributed by atoms with Gasteiger partial charge in [-0.15, -0.1) is 11.3 Å². The predicted octanol–water partition coefficient (Wildman–Crippen LogP) is 2.53. The van der Waals surface area contributed by atoms with Gasteiger partial charge in [-0.25, -0.2) is 4.98 Å². The maximum absolute atomic E-state index is 12.7. The number of carbonyl (C=O) groups is 1. The Morgan fingerprint density at radius 2 is 2.17 bits per heavy atom. The molecule has 0 fully saturated rings. The van der Waals surface area contributed by atoms with E-state index in [-0.39, 0.29) is 27.9 Å². The Balaban J connectivity index is 2.20. The third-order valence-electron chi connectivity index (χ3n) is 3.41. The fraction of sp³-hybridized carbons (Fsp3) is 0.0588. The number of carbonyl (C=O) groups excluding carboxylic acids is 1. The largest absolute Gasteiger partial charge is 0.507 e. The zero-order chi connectivity index (χ0) is 17.3. The molecule has 0 atom stereocenters. The Morgan fingerprint density at radius 1 is 1.42 bits per heavy atom. The molecular formula is C17H12N4O2S. The highest BCUT2D eigenvalue weighted by atomic mass is 32.1. The van der Waals surface area contributed by atoms with Crippen molar-refractivity contribution < 1.29 is 9.90 Å². The van der Waals surface area contributed by atoms with Crippen LogP contribution >= 0.6 is 11.3 Å². The number of nitrogens with zero attached hydrogens (tertiary/aromatic N) is 3. The van der Waals surface area contributed by atoms with Crippen LogP contribution in [0.25, 0.3) is 5.13 Å². The Hall–Kier alpha value is -3.24. The number of nitrogens with one attached hydrogen (secondary N) is 1. The zero-order valence-corrected chi connectivity index (χ0v) is 13.5. The number of phenolic OH excluding ortho intramolecular Hbond substituents is 1. The number of pyridine rings is 1. The van der Waals surface area contributed by atoms with Gasteiger partial charge in [-0.3, -0.25) is 14.8 Å². The topological polar surface area (TPSA) is 103 Å². The molecule has 3 aromatic rings. The van der Waals surface area contributed by atoms with Gasteiger partial charge in [-0.2, -0.15) is 5.26 Å². The second-order valence-electron chi connectivity index (χ2n) is 5.09. The van der Waals surface area contributed by atoms with Crippen LogP contribution in [0.1, 0.15) is 27.2 Å². The highest BCUT2D eigenvalue weighted by Gasteiger charge is 2.17. The van der Waals surface area contributed by atoms with Crippen molar-refractivity contribution in [3.05, 3.63) is 69.8 Å². The minimum Gasteiger partial charge on any atom is -0.507 e. The standard InChI is InChI=1S/C17H12N4O2S/c1-10-9-24-17(20-10)21-8-12(6-11(7-18)16(21)19)15(23)13-4-2-3-5-14(13)22/h2-6,8-9,19,22H,1H3. The minimum absolute atomic E-state index is 0.0410. The average Bonchev–Trinajstić information content (AvgIpc) is 3.01. The predicted molar refractivity (Wildman–Crippen MR) is 88.3 cm³/mol. The lowest BCUT2D eigenvalue weighted by Gasteiger charge is -2.09.